The van der Waals surface area contributed by atoms with Gasteiger partial charge in [0.1, 0.15) is 0 Å². The van der Waals surface area contributed by atoms with Crippen molar-refractivity contribution in [2.45, 2.75) is 24.2 Å². The van der Waals surface area contributed by atoms with Gasteiger partial charge in [-0.05, 0) is 43.7 Å². The van der Waals surface area contributed by atoms with Gasteiger partial charge in [0, 0.05) is 11.9 Å². The van der Waals surface area contributed by atoms with Gasteiger partial charge in [-0.3, -0.25) is 4.79 Å². The van der Waals surface area contributed by atoms with E-state index in [1.807, 2.05) is 44.2 Å². The lowest BCUT2D eigenvalue weighted by Gasteiger charge is -2.24. The van der Waals surface area contributed by atoms with E-state index in [4.69, 9.17) is 0 Å². The molecule has 0 unspecified atom stereocenters. The maximum Gasteiger partial charge on any atom is 0.234 e. The zero-order valence-corrected chi connectivity index (χ0v) is 13.6. The fraction of sp³-hybridized carbons (Fsp3) is 0.235. The molecular weight excluding hydrogens is 298 g/mol. The van der Waals surface area contributed by atoms with E-state index in [9.17, 15) is 13.2 Å². The molecule has 0 bridgehead atoms. The van der Waals surface area contributed by atoms with Crippen LogP contribution in [-0.4, -0.2) is 20.6 Å². The summed E-state index contributed by atoms with van der Waals surface area (Å²) in [6, 6.07) is 15.7. The number of sulfone groups is 1. The van der Waals surface area contributed by atoms with Crippen molar-refractivity contribution in [3.8, 4) is 0 Å². The predicted molar refractivity (Wildman–Crippen MR) is 87.6 cm³/mol. The molecule has 0 saturated carbocycles. The van der Waals surface area contributed by atoms with E-state index in [-0.39, 0.29) is 10.8 Å². The van der Waals surface area contributed by atoms with E-state index in [1.54, 1.807) is 12.1 Å². The van der Waals surface area contributed by atoms with E-state index in [2.05, 4.69) is 5.32 Å². The number of benzene rings is 2. The Labute approximate surface area is 131 Å². The SMILES string of the molecule is CC(C)(C(=O)Nc1ccc(S(C)(=O)=O)cc1)c1ccccc1. The van der Waals surface area contributed by atoms with Gasteiger partial charge in [0.25, 0.3) is 0 Å². The topological polar surface area (TPSA) is 63.2 Å². The van der Waals surface area contributed by atoms with Gasteiger partial charge in [-0.25, -0.2) is 8.42 Å². The quantitative estimate of drug-likeness (QED) is 0.943. The molecule has 2 rings (SSSR count). The van der Waals surface area contributed by atoms with E-state index < -0.39 is 15.3 Å². The number of carbonyl (C=O) groups excluding carboxylic acids is 1. The van der Waals surface area contributed by atoms with Crippen molar-refractivity contribution in [2.24, 2.45) is 0 Å². The van der Waals surface area contributed by atoms with Gasteiger partial charge in [-0.15, -0.1) is 0 Å². The van der Waals surface area contributed by atoms with Crippen molar-refractivity contribution >= 4 is 21.4 Å². The highest BCUT2D eigenvalue weighted by Gasteiger charge is 2.29. The first-order valence-corrected chi connectivity index (χ1v) is 8.77. The van der Waals surface area contributed by atoms with E-state index >= 15 is 0 Å². The second-order valence-corrected chi connectivity index (χ2v) is 7.76. The first-order valence-electron chi connectivity index (χ1n) is 6.88. The molecule has 116 valence electrons. The Hall–Kier alpha value is -2.14. The summed E-state index contributed by atoms with van der Waals surface area (Å²) < 4.78 is 22.8. The minimum absolute atomic E-state index is 0.147. The predicted octanol–water partition coefficient (Wildman–Crippen LogP) is 3.01. The lowest BCUT2D eigenvalue weighted by Crippen LogP contribution is -2.34. The molecule has 0 aliphatic rings. The molecule has 0 saturated heterocycles. The fourth-order valence-electron chi connectivity index (χ4n) is 2.06. The number of amides is 1. The second-order valence-electron chi connectivity index (χ2n) is 5.74. The Balaban J connectivity index is 2.18. The molecule has 0 heterocycles. The van der Waals surface area contributed by atoms with Crippen LogP contribution in [0.1, 0.15) is 19.4 Å². The molecule has 0 aromatic heterocycles. The third-order valence-electron chi connectivity index (χ3n) is 3.60. The number of hydrogen-bond donors (Lipinski definition) is 1. The van der Waals surface area contributed by atoms with Crippen molar-refractivity contribution in [3.63, 3.8) is 0 Å². The molecule has 2 aromatic rings. The average Bonchev–Trinajstić information content (AvgIpc) is 2.47. The van der Waals surface area contributed by atoms with Gasteiger partial charge >= 0.3 is 0 Å². The third kappa shape index (κ3) is 3.54. The van der Waals surface area contributed by atoms with Gasteiger partial charge in [-0.1, -0.05) is 30.3 Å². The highest BCUT2D eigenvalue weighted by Crippen LogP contribution is 2.25. The van der Waals surface area contributed by atoms with Crippen LogP contribution in [0.15, 0.2) is 59.5 Å². The molecule has 0 radical (unpaired) electrons. The molecule has 22 heavy (non-hydrogen) atoms. The molecule has 0 atom stereocenters. The van der Waals surface area contributed by atoms with Crippen molar-refractivity contribution in [2.75, 3.05) is 11.6 Å². The lowest BCUT2D eigenvalue weighted by atomic mass is 9.83. The van der Waals surface area contributed by atoms with Crippen LogP contribution >= 0.6 is 0 Å². The first kappa shape index (κ1) is 16.2. The van der Waals surface area contributed by atoms with Gasteiger partial charge < -0.3 is 5.32 Å². The largest absolute Gasteiger partial charge is 0.325 e. The smallest absolute Gasteiger partial charge is 0.234 e. The number of carbonyl (C=O) groups is 1. The van der Waals surface area contributed by atoms with Crippen molar-refractivity contribution in [3.05, 3.63) is 60.2 Å². The second kappa shape index (κ2) is 5.93. The molecule has 0 fully saturated rings. The molecule has 4 nitrogen and oxygen atoms in total. The average molecular weight is 317 g/mol. The van der Waals surface area contributed by atoms with Gasteiger partial charge in [0.2, 0.25) is 5.91 Å². The molecule has 0 aliphatic carbocycles. The molecule has 0 spiro atoms. The summed E-state index contributed by atoms with van der Waals surface area (Å²) in [7, 11) is -3.23. The Bertz CT molecular complexity index is 763. The van der Waals surface area contributed by atoms with Crippen LogP contribution in [0, 0.1) is 0 Å². The van der Waals surface area contributed by atoms with E-state index in [0.29, 0.717) is 5.69 Å². The van der Waals surface area contributed by atoms with Crippen molar-refractivity contribution in [1.82, 2.24) is 0 Å². The third-order valence-corrected chi connectivity index (χ3v) is 4.73. The number of anilines is 1. The lowest BCUT2D eigenvalue weighted by molar-refractivity contribution is -0.120. The van der Waals surface area contributed by atoms with Crippen LogP contribution in [0.4, 0.5) is 5.69 Å². The summed E-state index contributed by atoms with van der Waals surface area (Å²) in [5.41, 5.74) is 0.804. The van der Waals surface area contributed by atoms with Crippen LogP contribution in [0.2, 0.25) is 0 Å². The minimum atomic E-state index is -3.23. The summed E-state index contributed by atoms with van der Waals surface area (Å²) in [4.78, 5) is 12.7. The van der Waals surface area contributed by atoms with Crippen LogP contribution in [0.25, 0.3) is 0 Å². The normalized spacial score (nSPS) is 12.0. The highest BCUT2D eigenvalue weighted by molar-refractivity contribution is 7.90. The Morgan fingerprint density at radius 2 is 1.50 bits per heavy atom. The monoisotopic (exact) mass is 317 g/mol. The molecule has 5 heteroatoms. The standard InChI is InChI=1S/C17H19NO3S/c1-17(2,13-7-5-4-6-8-13)16(19)18-14-9-11-15(12-10-14)22(3,20)21/h4-12H,1-3H3,(H,18,19). The van der Waals surface area contributed by atoms with Crippen LogP contribution in [0.5, 0.6) is 0 Å². The summed E-state index contributed by atoms with van der Waals surface area (Å²) in [5, 5.41) is 2.83. The number of rotatable bonds is 4. The van der Waals surface area contributed by atoms with Gasteiger partial charge in [-0.2, -0.15) is 0 Å². The summed E-state index contributed by atoms with van der Waals surface area (Å²) in [6.45, 7) is 3.70. The number of hydrogen-bond acceptors (Lipinski definition) is 3. The van der Waals surface area contributed by atoms with Crippen LogP contribution < -0.4 is 5.32 Å². The summed E-state index contributed by atoms with van der Waals surface area (Å²) in [6.07, 6.45) is 1.15. The van der Waals surface area contributed by atoms with Crippen LogP contribution in [-0.2, 0) is 20.0 Å². The first-order chi connectivity index (χ1) is 10.2. The van der Waals surface area contributed by atoms with Crippen molar-refractivity contribution in [1.29, 1.82) is 0 Å². The van der Waals surface area contributed by atoms with Gasteiger partial charge in [0.05, 0.1) is 10.3 Å². The Morgan fingerprint density at radius 1 is 0.955 bits per heavy atom. The van der Waals surface area contributed by atoms with Crippen molar-refractivity contribution < 1.29 is 13.2 Å². The summed E-state index contributed by atoms with van der Waals surface area (Å²) in [5.74, 6) is -0.147. The summed E-state index contributed by atoms with van der Waals surface area (Å²) >= 11 is 0. The number of nitrogens with one attached hydrogen (secondary N) is 1. The van der Waals surface area contributed by atoms with E-state index in [1.165, 1.54) is 12.1 Å². The Kier molecular flexibility index (Phi) is 4.37. The maximum absolute atomic E-state index is 12.5. The molecule has 1 N–H and O–H groups in total. The molecular formula is C17H19NO3S. The molecule has 2 aromatic carbocycles. The fourth-order valence-corrected chi connectivity index (χ4v) is 2.69. The van der Waals surface area contributed by atoms with Gasteiger partial charge in [0.15, 0.2) is 9.84 Å². The Morgan fingerprint density at radius 3 is 2.00 bits per heavy atom. The highest BCUT2D eigenvalue weighted by atomic mass is 32.2. The zero-order valence-electron chi connectivity index (χ0n) is 12.8. The zero-order chi connectivity index (χ0) is 16.4. The maximum atomic E-state index is 12.5. The molecule has 1 amide bonds. The minimum Gasteiger partial charge on any atom is -0.325 e. The van der Waals surface area contributed by atoms with Crippen LogP contribution in [0.3, 0.4) is 0 Å². The molecule has 0 aliphatic heterocycles. The van der Waals surface area contributed by atoms with E-state index in [0.717, 1.165) is 11.8 Å².